The quantitative estimate of drug-likeness (QED) is 0.872. The minimum absolute atomic E-state index is 0.0514. The van der Waals surface area contributed by atoms with Gasteiger partial charge in [0.15, 0.2) is 5.65 Å². The molecule has 1 atom stereocenters. The predicted octanol–water partition coefficient (Wildman–Crippen LogP) is 2.19. The first kappa shape index (κ1) is 14.4. The van der Waals surface area contributed by atoms with Crippen LogP contribution < -0.4 is 0 Å². The number of pyridine rings is 1. The van der Waals surface area contributed by atoms with E-state index in [1.165, 1.54) is 0 Å². The van der Waals surface area contributed by atoms with Crippen LogP contribution in [0.15, 0.2) is 24.4 Å². The maximum absolute atomic E-state index is 12.2. The highest BCUT2D eigenvalue weighted by atomic mass is 32.2. The van der Waals surface area contributed by atoms with Gasteiger partial charge in [0, 0.05) is 25.2 Å². The molecular weight excluding hydrogens is 284 g/mol. The number of rotatable bonds is 3. The van der Waals surface area contributed by atoms with Gasteiger partial charge in [0.2, 0.25) is 5.91 Å². The fourth-order valence-corrected chi connectivity index (χ4v) is 3.20. The summed E-state index contributed by atoms with van der Waals surface area (Å²) >= 11 is 1.61. The number of aromatic nitrogens is 3. The van der Waals surface area contributed by atoms with E-state index in [1.54, 1.807) is 11.8 Å². The van der Waals surface area contributed by atoms with Crippen LogP contribution in [0.25, 0.3) is 5.65 Å². The lowest BCUT2D eigenvalue weighted by atomic mass is 9.96. The molecule has 2 aromatic heterocycles. The first-order valence-corrected chi connectivity index (χ1v) is 8.60. The zero-order valence-corrected chi connectivity index (χ0v) is 13.2. The first-order chi connectivity index (χ1) is 10.2. The molecule has 3 rings (SSSR count). The summed E-state index contributed by atoms with van der Waals surface area (Å²) in [5, 5.41) is 8.62. The lowest BCUT2D eigenvalue weighted by Gasteiger charge is -2.32. The number of piperidine rings is 1. The Morgan fingerprint density at radius 1 is 1.33 bits per heavy atom. The number of hydrogen-bond acceptors (Lipinski definition) is 4. The number of amides is 1. The van der Waals surface area contributed by atoms with Crippen LogP contribution in [0.4, 0.5) is 0 Å². The van der Waals surface area contributed by atoms with E-state index >= 15 is 0 Å². The molecule has 0 spiro atoms. The lowest BCUT2D eigenvalue weighted by molar-refractivity contribution is -0.131. The van der Waals surface area contributed by atoms with E-state index in [0.717, 1.165) is 37.4 Å². The Kier molecular flexibility index (Phi) is 4.14. The van der Waals surface area contributed by atoms with Crippen LogP contribution >= 0.6 is 11.8 Å². The molecular formula is C15H20N4OS. The molecule has 0 bridgehead atoms. The molecule has 2 aromatic rings. The molecule has 1 aliphatic heterocycles. The number of nitrogens with zero attached hydrogens (tertiary/aromatic N) is 4. The van der Waals surface area contributed by atoms with Gasteiger partial charge in [-0.1, -0.05) is 6.07 Å². The number of thioether (sulfide) groups is 1. The largest absolute Gasteiger partial charge is 0.342 e. The molecule has 1 amide bonds. The fraction of sp³-hybridized carbons (Fsp3) is 0.533. The van der Waals surface area contributed by atoms with E-state index in [4.69, 9.17) is 0 Å². The SMILES string of the molecule is CS[C@@H](C)C(=O)N1CCC(c2nnc3ccccn23)CC1. The monoisotopic (exact) mass is 304 g/mol. The summed E-state index contributed by atoms with van der Waals surface area (Å²) in [4.78, 5) is 14.2. The van der Waals surface area contributed by atoms with Crippen molar-refractivity contribution in [1.29, 1.82) is 0 Å². The van der Waals surface area contributed by atoms with Crippen molar-refractivity contribution in [2.45, 2.75) is 30.9 Å². The van der Waals surface area contributed by atoms with E-state index in [-0.39, 0.29) is 11.2 Å². The van der Waals surface area contributed by atoms with Crippen LogP contribution in [0.1, 0.15) is 31.5 Å². The van der Waals surface area contributed by atoms with Gasteiger partial charge in [-0.05, 0) is 38.2 Å². The van der Waals surface area contributed by atoms with E-state index < -0.39 is 0 Å². The number of carbonyl (C=O) groups excluding carboxylic acids is 1. The molecule has 5 nitrogen and oxygen atoms in total. The van der Waals surface area contributed by atoms with Crippen LogP contribution in [0.2, 0.25) is 0 Å². The number of fused-ring (bicyclic) bond motifs is 1. The summed E-state index contributed by atoms with van der Waals surface area (Å²) < 4.78 is 2.06. The summed E-state index contributed by atoms with van der Waals surface area (Å²) in [7, 11) is 0. The zero-order chi connectivity index (χ0) is 14.8. The summed E-state index contributed by atoms with van der Waals surface area (Å²) in [5.74, 6) is 1.67. The van der Waals surface area contributed by atoms with Crippen LogP contribution in [0, 0.1) is 0 Å². The molecule has 0 radical (unpaired) electrons. The molecule has 0 aromatic carbocycles. The minimum atomic E-state index is 0.0514. The minimum Gasteiger partial charge on any atom is -0.342 e. The van der Waals surface area contributed by atoms with Crippen LogP contribution in [0.5, 0.6) is 0 Å². The number of hydrogen-bond donors (Lipinski definition) is 0. The van der Waals surface area contributed by atoms with Crippen molar-refractivity contribution in [2.75, 3.05) is 19.3 Å². The second-order valence-electron chi connectivity index (χ2n) is 5.46. The molecule has 6 heteroatoms. The Bertz CT molecular complexity index is 633. The molecule has 0 aliphatic carbocycles. The second kappa shape index (κ2) is 6.05. The molecule has 1 saturated heterocycles. The van der Waals surface area contributed by atoms with Crippen molar-refractivity contribution in [1.82, 2.24) is 19.5 Å². The van der Waals surface area contributed by atoms with Crippen LogP contribution in [-0.2, 0) is 4.79 Å². The van der Waals surface area contributed by atoms with Crippen molar-refractivity contribution in [2.24, 2.45) is 0 Å². The maximum atomic E-state index is 12.2. The molecule has 0 unspecified atom stereocenters. The Balaban J connectivity index is 1.70. The third-order valence-corrected chi connectivity index (χ3v) is 5.12. The van der Waals surface area contributed by atoms with Crippen molar-refractivity contribution in [3.63, 3.8) is 0 Å². The molecule has 21 heavy (non-hydrogen) atoms. The maximum Gasteiger partial charge on any atom is 0.235 e. The van der Waals surface area contributed by atoms with E-state index in [0.29, 0.717) is 5.92 Å². The highest BCUT2D eigenvalue weighted by molar-refractivity contribution is 7.99. The topological polar surface area (TPSA) is 50.5 Å². The van der Waals surface area contributed by atoms with E-state index in [1.807, 2.05) is 42.5 Å². The highest BCUT2D eigenvalue weighted by Crippen LogP contribution is 2.27. The van der Waals surface area contributed by atoms with Gasteiger partial charge in [0.05, 0.1) is 5.25 Å². The average Bonchev–Trinajstić information content (AvgIpc) is 2.97. The fourth-order valence-electron chi connectivity index (χ4n) is 2.85. The second-order valence-corrected chi connectivity index (χ2v) is 6.64. The first-order valence-electron chi connectivity index (χ1n) is 7.32. The normalized spacial score (nSPS) is 18.1. The van der Waals surface area contributed by atoms with Crippen molar-refractivity contribution >= 4 is 23.3 Å². The number of carbonyl (C=O) groups is 1. The lowest BCUT2D eigenvalue weighted by Crippen LogP contribution is -2.41. The summed E-state index contributed by atoms with van der Waals surface area (Å²) in [6.45, 7) is 3.61. The van der Waals surface area contributed by atoms with Gasteiger partial charge in [0.25, 0.3) is 0 Å². The van der Waals surface area contributed by atoms with Crippen LogP contribution in [-0.4, -0.2) is 50.0 Å². The molecule has 3 heterocycles. The smallest absolute Gasteiger partial charge is 0.235 e. The molecule has 0 N–H and O–H groups in total. The zero-order valence-electron chi connectivity index (χ0n) is 12.4. The Morgan fingerprint density at radius 2 is 2.10 bits per heavy atom. The predicted molar refractivity (Wildman–Crippen MR) is 84.5 cm³/mol. The molecule has 1 fully saturated rings. The summed E-state index contributed by atoms with van der Waals surface area (Å²) in [5.41, 5.74) is 0.891. The summed E-state index contributed by atoms with van der Waals surface area (Å²) in [6, 6.07) is 5.94. The number of likely N-dealkylation sites (tertiary alicyclic amines) is 1. The van der Waals surface area contributed by atoms with Gasteiger partial charge in [-0.3, -0.25) is 9.20 Å². The Morgan fingerprint density at radius 3 is 2.81 bits per heavy atom. The van der Waals surface area contributed by atoms with Gasteiger partial charge in [-0.2, -0.15) is 11.8 Å². The van der Waals surface area contributed by atoms with Crippen molar-refractivity contribution < 1.29 is 4.79 Å². The van der Waals surface area contributed by atoms with Gasteiger partial charge < -0.3 is 4.90 Å². The third kappa shape index (κ3) is 2.77. The van der Waals surface area contributed by atoms with E-state index in [9.17, 15) is 4.79 Å². The molecule has 1 aliphatic rings. The third-order valence-electron chi connectivity index (χ3n) is 4.21. The average molecular weight is 304 g/mol. The van der Waals surface area contributed by atoms with Crippen molar-refractivity contribution in [3.8, 4) is 0 Å². The van der Waals surface area contributed by atoms with Crippen molar-refractivity contribution in [3.05, 3.63) is 30.2 Å². The van der Waals surface area contributed by atoms with Gasteiger partial charge in [0.1, 0.15) is 5.82 Å². The van der Waals surface area contributed by atoms with Gasteiger partial charge in [-0.15, -0.1) is 10.2 Å². The molecule has 112 valence electrons. The van der Waals surface area contributed by atoms with E-state index in [2.05, 4.69) is 14.6 Å². The van der Waals surface area contributed by atoms with Crippen LogP contribution in [0.3, 0.4) is 0 Å². The van der Waals surface area contributed by atoms with Gasteiger partial charge >= 0.3 is 0 Å². The highest BCUT2D eigenvalue weighted by Gasteiger charge is 2.28. The Hall–Kier alpha value is -1.56. The standard InChI is InChI=1S/C15H20N4OS/c1-11(21-2)15(20)18-9-6-12(7-10-18)14-17-16-13-5-3-4-8-19(13)14/h3-5,8,11-12H,6-7,9-10H2,1-2H3/t11-/m0/s1. The molecule has 0 saturated carbocycles. The summed E-state index contributed by atoms with van der Waals surface area (Å²) in [6.07, 6.45) is 5.92. The van der Waals surface area contributed by atoms with Gasteiger partial charge in [-0.25, -0.2) is 0 Å². The Labute approximate surface area is 128 Å².